The predicted octanol–water partition coefficient (Wildman–Crippen LogP) is 1.36. The number of hydrogen-bond donors (Lipinski definition) is 1. The summed E-state index contributed by atoms with van der Waals surface area (Å²) in [5.41, 5.74) is -0.597. The number of carbonyl (C=O) groups is 2. The first-order valence-corrected chi connectivity index (χ1v) is 5.89. The van der Waals surface area contributed by atoms with E-state index in [1.165, 1.54) is 4.90 Å². The molecule has 6 heteroatoms. The van der Waals surface area contributed by atoms with Crippen LogP contribution >= 0.6 is 0 Å². The molecule has 0 saturated carbocycles. The highest BCUT2D eigenvalue weighted by Crippen LogP contribution is 2.30. The number of aliphatic hydroxyl groups is 1. The molecular formula is C12H17NO5. The van der Waals surface area contributed by atoms with Crippen molar-refractivity contribution in [1.29, 1.82) is 0 Å². The van der Waals surface area contributed by atoms with Crippen molar-refractivity contribution >= 4 is 12.1 Å². The molecule has 0 spiro atoms. The van der Waals surface area contributed by atoms with E-state index >= 15 is 0 Å². The fraction of sp³-hybridized carbons (Fsp3) is 0.667. The summed E-state index contributed by atoms with van der Waals surface area (Å²) in [6.45, 7) is 5.72. The molecule has 2 aliphatic rings. The molecule has 0 unspecified atom stereocenters. The molecule has 1 saturated heterocycles. The van der Waals surface area contributed by atoms with E-state index in [0.717, 1.165) is 6.08 Å². The number of hydrogen-bond acceptors (Lipinski definition) is 5. The molecule has 18 heavy (non-hydrogen) atoms. The van der Waals surface area contributed by atoms with E-state index < -0.39 is 29.8 Å². The molecule has 1 N–H and O–H groups in total. The zero-order valence-corrected chi connectivity index (χ0v) is 10.7. The predicted molar refractivity (Wildman–Crippen MR) is 61.9 cm³/mol. The van der Waals surface area contributed by atoms with Gasteiger partial charge < -0.3 is 14.6 Å². The summed E-state index contributed by atoms with van der Waals surface area (Å²) in [4.78, 5) is 24.5. The summed E-state index contributed by atoms with van der Waals surface area (Å²) >= 11 is 0. The number of carbonyl (C=O) groups excluding carboxylic acids is 2. The first-order chi connectivity index (χ1) is 8.28. The van der Waals surface area contributed by atoms with Gasteiger partial charge >= 0.3 is 12.1 Å². The Morgan fingerprint density at radius 2 is 2.22 bits per heavy atom. The summed E-state index contributed by atoms with van der Waals surface area (Å²) in [7, 11) is 0. The average Bonchev–Trinajstić information content (AvgIpc) is 2.58. The van der Waals surface area contributed by atoms with Gasteiger partial charge in [-0.25, -0.2) is 9.59 Å². The third-order valence-electron chi connectivity index (χ3n) is 2.81. The van der Waals surface area contributed by atoms with Crippen LogP contribution in [0.4, 0.5) is 4.79 Å². The standard InChI is InChI=1S/C12H17NO5/c1-12(2,3)18-11(16)13-5-4-8-10(13)7(14)6-9(15)17-8/h6,8,10,14H,4-5H2,1-3H3/t8-,10-/m0/s1. The van der Waals surface area contributed by atoms with Crippen LogP contribution in [0, 0.1) is 0 Å². The van der Waals surface area contributed by atoms with Crippen molar-refractivity contribution in [3.8, 4) is 0 Å². The molecule has 100 valence electrons. The van der Waals surface area contributed by atoms with Gasteiger partial charge in [-0.2, -0.15) is 0 Å². The van der Waals surface area contributed by atoms with Crippen LogP contribution in [0.5, 0.6) is 0 Å². The molecule has 2 rings (SSSR count). The van der Waals surface area contributed by atoms with E-state index in [2.05, 4.69) is 0 Å². The van der Waals surface area contributed by atoms with E-state index in [1.54, 1.807) is 20.8 Å². The highest BCUT2D eigenvalue weighted by Gasteiger charge is 2.45. The highest BCUT2D eigenvalue weighted by atomic mass is 16.6. The van der Waals surface area contributed by atoms with Crippen LogP contribution in [0.1, 0.15) is 27.2 Å². The second-order valence-corrected chi connectivity index (χ2v) is 5.45. The molecular weight excluding hydrogens is 238 g/mol. The van der Waals surface area contributed by atoms with Gasteiger partial charge in [0.2, 0.25) is 0 Å². The van der Waals surface area contributed by atoms with Gasteiger partial charge in [0.05, 0.1) is 6.08 Å². The topological polar surface area (TPSA) is 76.1 Å². The van der Waals surface area contributed by atoms with Gasteiger partial charge in [0.15, 0.2) is 0 Å². The van der Waals surface area contributed by atoms with Gasteiger partial charge in [0.25, 0.3) is 0 Å². The average molecular weight is 255 g/mol. The molecule has 1 amide bonds. The van der Waals surface area contributed by atoms with Gasteiger partial charge in [-0.05, 0) is 20.8 Å². The Bertz CT molecular complexity index is 409. The lowest BCUT2D eigenvalue weighted by atomic mass is 10.1. The van der Waals surface area contributed by atoms with E-state index in [9.17, 15) is 14.7 Å². The third kappa shape index (κ3) is 2.42. The minimum Gasteiger partial charge on any atom is -0.510 e. The van der Waals surface area contributed by atoms with Gasteiger partial charge in [-0.15, -0.1) is 0 Å². The fourth-order valence-corrected chi connectivity index (χ4v) is 2.15. The number of esters is 1. The van der Waals surface area contributed by atoms with Crippen molar-refractivity contribution < 1.29 is 24.2 Å². The Balaban J connectivity index is 2.14. The SMILES string of the molecule is CC(C)(C)OC(=O)N1CC[C@@H]2OC(=O)C=C(O)[C@@H]21. The van der Waals surface area contributed by atoms with Gasteiger partial charge in [-0.1, -0.05) is 0 Å². The van der Waals surface area contributed by atoms with Crippen molar-refractivity contribution in [2.45, 2.75) is 44.9 Å². The molecule has 2 aliphatic heterocycles. The Morgan fingerprint density at radius 3 is 2.83 bits per heavy atom. The lowest BCUT2D eigenvalue weighted by Gasteiger charge is -2.31. The van der Waals surface area contributed by atoms with Crippen molar-refractivity contribution in [1.82, 2.24) is 4.90 Å². The molecule has 6 nitrogen and oxygen atoms in total. The minimum absolute atomic E-state index is 0.139. The molecule has 2 heterocycles. The third-order valence-corrected chi connectivity index (χ3v) is 2.81. The number of amides is 1. The molecule has 1 fully saturated rings. The van der Waals surface area contributed by atoms with Crippen LogP contribution in [0.15, 0.2) is 11.8 Å². The van der Waals surface area contributed by atoms with Crippen LogP contribution in [0.25, 0.3) is 0 Å². The first kappa shape index (κ1) is 12.7. The summed E-state index contributed by atoms with van der Waals surface area (Å²) < 4.78 is 10.3. The largest absolute Gasteiger partial charge is 0.510 e. The van der Waals surface area contributed by atoms with E-state index in [4.69, 9.17) is 9.47 Å². The van der Waals surface area contributed by atoms with E-state index in [-0.39, 0.29) is 5.76 Å². The van der Waals surface area contributed by atoms with Gasteiger partial charge in [0, 0.05) is 13.0 Å². The Morgan fingerprint density at radius 1 is 1.56 bits per heavy atom. The monoisotopic (exact) mass is 255 g/mol. The molecule has 0 aliphatic carbocycles. The first-order valence-electron chi connectivity index (χ1n) is 5.89. The molecule has 0 bridgehead atoms. The maximum Gasteiger partial charge on any atom is 0.411 e. The zero-order valence-electron chi connectivity index (χ0n) is 10.7. The van der Waals surface area contributed by atoms with Crippen LogP contribution in [0.2, 0.25) is 0 Å². The maximum absolute atomic E-state index is 12.0. The van der Waals surface area contributed by atoms with Crippen LogP contribution in [-0.4, -0.2) is 46.4 Å². The second kappa shape index (κ2) is 4.19. The second-order valence-electron chi connectivity index (χ2n) is 5.45. The Hall–Kier alpha value is -1.72. The molecule has 0 aromatic heterocycles. The van der Waals surface area contributed by atoms with E-state index in [0.29, 0.717) is 13.0 Å². The number of likely N-dealkylation sites (tertiary alicyclic amines) is 1. The lowest BCUT2D eigenvalue weighted by molar-refractivity contribution is -0.146. The van der Waals surface area contributed by atoms with Crippen LogP contribution in [-0.2, 0) is 14.3 Å². The number of aliphatic hydroxyl groups excluding tert-OH is 1. The van der Waals surface area contributed by atoms with Crippen molar-refractivity contribution in [2.24, 2.45) is 0 Å². The number of fused-ring (bicyclic) bond motifs is 1. The fourth-order valence-electron chi connectivity index (χ4n) is 2.15. The molecule has 0 aromatic rings. The van der Waals surface area contributed by atoms with Gasteiger partial charge in [0.1, 0.15) is 23.5 Å². The minimum atomic E-state index is -0.613. The Kier molecular flexibility index (Phi) is 2.96. The summed E-state index contributed by atoms with van der Waals surface area (Å²) in [6.07, 6.45) is 0.528. The number of nitrogens with zero attached hydrogens (tertiary/aromatic N) is 1. The highest BCUT2D eigenvalue weighted by molar-refractivity contribution is 5.84. The smallest absolute Gasteiger partial charge is 0.411 e. The van der Waals surface area contributed by atoms with Crippen molar-refractivity contribution in [3.05, 3.63) is 11.8 Å². The summed E-state index contributed by atoms with van der Waals surface area (Å²) in [5, 5.41) is 9.78. The molecule has 0 radical (unpaired) electrons. The zero-order chi connectivity index (χ0) is 13.5. The number of rotatable bonds is 0. The lowest BCUT2D eigenvalue weighted by Crippen LogP contribution is -2.46. The van der Waals surface area contributed by atoms with Crippen molar-refractivity contribution in [3.63, 3.8) is 0 Å². The summed E-state index contributed by atoms with van der Waals surface area (Å²) in [5.74, 6) is -0.709. The van der Waals surface area contributed by atoms with Gasteiger partial charge in [-0.3, -0.25) is 4.90 Å². The van der Waals surface area contributed by atoms with Crippen molar-refractivity contribution in [2.75, 3.05) is 6.54 Å². The van der Waals surface area contributed by atoms with E-state index in [1.807, 2.05) is 0 Å². The molecule has 2 atom stereocenters. The van der Waals surface area contributed by atoms with Crippen LogP contribution < -0.4 is 0 Å². The number of ether oxygens (including phenoxy) is 2. The summed E-state index contributed by atoms with van der Waals surface area (Å²) in [6, 6.07) is -0.613. The maximum atomic E-state index is 12.0. The quantitative estimate of drug-likeness (QED) is 0.661. The normalized spacial score (nSPS) is 27.4. The molecule has 0 aromatic carbocycles. The Labute approximate surface area is 105 Å². The van der Waals surface area contributed by atoms with Crippen LogP contribution in [0.3, 0.4) is 0 Å².